The monoisotopic (exact) mass is 444 g/mol. The highest BCUT2D eigenvalue weighted by molar-refractivity contribution is 6.33. The van der Waals surface area contributed by atoms with Gasteiger partial charge in [-0.3, -0.25) is 0 Å². The Morgan fingerprint density at radius 1 is 1.19 bits per heavy atom. The molecule has 7 nitrogen and oxygen atoms in total. The van der Waals surface area contributed by atoms with Crippen molar-refractivity contribution < 1.29 is 14.3 Å². The van der Waals surface area contributed by atoms with E-state index in [-0.39, 0.29) is 18.1 Å². The highest BCUT2D eigenvalue weighted by atomic mass is 35.5. The lowest BCUT2D eigenvalue weighted by Gasteiger charge is -2.32. The first-order valence-corrected chi connectivity index (χ1v) is 11.3. The van der Waals surface area contributed by atoms with E-state index >= 15 is 0 Å². The maximum absolute atomic E-state index is 12.6. The summed E-state index contributed by atoms with van der Waals surface area (Å²) in [6, 6.07) is 7.11. The number of urea groups is 1. The first kappa shape index (κ1) is 21.8. The van der Waals surface area contributed by atoms with Gasteiger partial charge < -0.3 is 19.7 Å². The number of ether oxygens (including phenoxy) is 2. The number of fused-ring (bicyclic) bond motifs is 1. The summed E-state index contributed by atoms with van der Waals surface area (Å²) in [5, 5.41) is 3.42. The zero-order valence-corrected chi connectivity index (χ0v) is 18.8. The van der Waals surface area contributed by atoms with Crippen LogP contribution in [0.5, 0.6) is 5.88 Å². The van der Waals surface area contributed by atoms with Crippen LogP contribution in [0.15, 0.2) is 24.3 Å². The van der Waals surface area contributed by atoms with Gasteiger partial charge in [-0.05, 0) is 12.1 Å². The maximum atomic E-state index is 12.6. The van der Waals surface area contributed by atoms with Crippen LogP contribution in [0, 0.1) is 0 Å². The van der Waals surface area contributed by atoms with E-state index in [4.69, 9.17) is 31.0 Å². The summed E-state index contributed by atoms with van der Waals surface area (Å²) in [7, 11) is 0. The molecule has 0 saturated carbocycles. The summed E-state index contributed by atoms with van der Waals surface area (Å²) >= 11 is 6.15. The number of amides is 2. The molecule has 166 valence electrons. The lowest BCUT2D eigenvalue weighted by molar-refractivity contribution is 0.109. The number of anilines is 1. The molecule has 1 aromatic heterocycles. The van der Waals surface area contributed by atoms with Crippen molar-refractivity contribution >= 4 is 23.3 Å². The Morgan fingerprint density at radius 3 is 2.68 bits per heavy atom. The van der Waals surface area contributed by atoms with Gasteiger partial charge in [0.2, 0.25) is 5.88 Å². The van der Waals surface area contributed by atoms with E-state index < -0.39 is 0 Å². The van der Waals surface area contributed by atoms with Crippen LogP contribution in [-0.2, 0) is 17.6 Å². The van der Waals surface area contributed by atoms with Gasteiger partial charge in [0.25, 0.3) is 0 Å². The van der Waals surface area contributed by atoms with Crippen LogP contribution in [0.2, 0.25) is 5.02 Å². The molecule has 4 rings (SSSR count). The average molecular weight is 445 g/mol. The van der Waals surface area contributed by atoms with Gasteiger partial charge in [0.15, 0.2) is 0 Å². The van der Waals surface area contributed by atoms with Crippen molar-refractivity contribution in [3.05, 3.63) is 46.4 Å². The predicted molar refractivity (Wildman–Crippen MR) is 120 cm³/mol. The molecule has 1 fully saturated rings. The highest BCUT2D eigenvalue weighted by Gasteiger charge is 2.27. The molecule has 0 radical (unpaired) electrons. The lowest BCUT2D eigenvalue weighted by atomic mass is 10.1. The van der Waals surface area contributed by atoms with Crippen molar-refractivity contribution in [2.75, 3.05) is 31.6 Å². The van der Waals surface area contributed by atoms with Gasteiger partial charge in [-0.2, -0.15) is 4.98 Å². The fraction of sp³-hybridized carbons (Fsp3) is 0.522. The summed E-state index contributed by atoms with van der Waals surface area (Å²) in [5.41, 5.74) is 2.74. The van der Waals surface area contributed by atoms with Crippen molar-refractivity contribution in [1.82, 2.24) is 14.9 Å². The number of likely N-dealkylation sites (tertiary alicyclic amines) is 1. The normalized spacial score (nSPS) is 17.2. The van der Waals surface area contributed by atoms with Crippen LogP contribution < -0.4 is 10.1 Å². The summed E-state index contributed by atoms with van der Waals surface area (Å²) < 4.78 is 12.0. The number of nitrogens with zero attached hydrogens (tertiary/aromatic N) is 3. The second kappa shape index (κ2) is 9.83. The molecule has 0 aliphatic carbocycles. The number of benzene rings is 1. The van der Waals surface area contributed by atoms with Crippen molar-refractivity contribution in [2.45, 2.75) is 51.6 Å². The van der Waals surface area contributed by atoms with Crippen LogP contribution in [-0.4, -0.2) is 53.3 Å². The van der Waals surface area contributed by atoms with E-state index in [2.05, 4.69) is 19.2 Å². The molecular formula is C23H29ClN4O3. The molecule has 2 aliphatic rings. The number of aromatic nitrogens is 2. The Labute approximate surface area is 188 Å². The maximum Gasteiger partial charge on any atom is 0.321 e. The van der Waals surface area contributed by atoms with Crippen molar-refractivity contribution in [2.24, 2.45) is 0 Å². The third-order valence-electron chi connectivity index (χ3n) is 5.69. The molecule has 0 bridgehead atoms. The molecule has 0 spiro atoms. The number of carbonyl (C=O) groups excluding carboxylic acids is 1. The molecule has 31 heavy (non-hydrogen) atoms. The number of carbonyl (C=O) groups is 1. The average Bonchev–Trinajstić information content (AvgIpc) is 3.01. The quantitative estimate of drug-likeness (QED) is 0.754. The molecule has 8 heteroatoms. The molecule has 0 unspecified atom stereocenters. The summed E-state index contributed by atoms with van der Waals surface area (Å²) in [4.78, 5) is 23.9. The third-order valence-corrected chi connectivity index (χ3v) is 6.02. The molecule has 3 heterocycles. The molecule has 2 aliphatic heterocycles. The summed E-state index contributed by atoms with van der Waals surface area (Å²) in [5.74, 6) is 1.73. The molecule has 2 aromatic rings. The molecule has 1 saturated heterocycles. The van der Waals surface area contributed by atoms with Gasteiger partial charge in [-0.25, -0.2) is 9.78 Å². The van der Waals surface area contributed by atoms with Gasteiger partial charge in [0.05, 0.1) is 29.6 Å². The topological polar surface area (TPSA) is 76.6 Å². The third kappa shape index (κ3) is 5.28. The van der Waals surface area contributed by atoms with Crippen LogP contribution in [0.4, 0.5) is 10.5 Å². The Kier molecular flexibility index (Phi) is 6.92. The largest absolute Gasteiger partial charge is 0.474 e. The summed E-state index contributed by atoms with van der Waals surface area (Å²) in [6.45, 7) is 6.76. The zero-order chi connectivity index (χ0) is 21.8. The standard InChI is InChI=1S/C23H29ClN4O3/c1-15(2)21-25-19-10-14-30-13-9-17(19)22(27-21)31-16-7-11-28(12-8-16)23(29)26-20-6-4-3-5-18(20)24/h3-6,15-16H,7-14H2,1-2H3,(H,26,29). The Bertz CT molecular complexity index is 929. The minimum Gasteiger partial charge on any atom is -0.474 e. The minimum absolute atomic E-state index is 0.0209. The van der Waals surface area contributed by atoms with E-state index in [0.717, 1.165) is 42.8 Å². The van der Waals surface area contributed by atoms with Crippen molar-refractivity contribution in [3.8, 4) is 5.88 Å². The number of para-hydroxylation sites is 1. The smallest absolute Gasteiger partial charge is 0.321 e. The number of rotatable bonds is 4. The number of piperidine rings is 1. The van der Waals surface area contributed by atoms with E-state index in [9.17, 15) is 4.79 Å². The second-order valence-corrected chi connectivity index (χ2v) is 8.70. The van der Waals surface area contributed by atoms with Crippen LogP contribution >= 0.6 is 11.6 Å². The predicted octanol–water partition coefficient (Wildman–Crippen LogP) is 4.44. The Hall–Kier alpha value is -2.38. The van der Waals surface area contributed by atoms with E-state index in [1.54, 1.807) is 17.0 Å². The molecule has 1 N–H and O–H groups in total. The van der Waals surface area contributed by atoms with Gasteiger partial charge >= 0.3 is 6.03 Å². The fourth-order valence-corrected chi connectivity index (χ4v) is 4.06. The highest BCUT2D eigenvalue weighted by Crippen LogP contribution is 2.28. The van der Waals surface area contributed by atoms with Gasteiger partial charge in [-0.1, -0.05) is 37.6 Å². The van der Waals surface area contributed by atoms with Gasteiger partial charge in [0.1, 0.15) is 11.9 Å². The fourth-order valence-electron chi connectivity index (χ4n) is 3.88. The second-order valence-electron chi connectivity index (χ2n) is 8.29. The number of nitrogens with one attached hydrogen (secondary N) is 1. The van der Waals surface area contributed by atoms with E-state index in [0.29, 0.717) is 42.9 Å². The van der Waals surface area contributed by atoms with E-state index in [1.165, 1.54) is 0 Å². The van der Waals surface area contributed by atoms with Gasteiger partial charge in [0, 0.05) is 50.3 Å². The Balaban J connectivity index is 1.40. The number of hydrogen-bond acceptors (Lipinski definition) is 5. The van der Waals surface area contributed by atoms with Gasteiger partial charge in [-0.15, -0.1) is 0 Å². The van der Waals surface area contributed by atoms with E-state index in [1.807, 2.05) is 12.1 Å². The molecule has 1 aromatic carbocycles. The SMILES string of the molecule is CC(C)c1nc2c(c(OC3CCN(C(=O)Nc4ccccc4Cl)CC3)n1)CCOCC2. The van der Waals surface area contributed by atoms with Crippen molar-refractivity contribution in [1.29, 1.82) is 0 Å². The molecule has 0 atom stereocenters. The minimum atomic E-state index is -0.137. The Morgan fingerprint density at radius 2 is 1.94 bits per heavy atom. The van der Waals surface area contributed by atoms with Crippen molar-refractivity contribution in [3.63, 3.8) is 0 Å². The zero-order valence-electron chi connectivity index (χ0n) is 18.1. The molecular weight excluding hydrogens is 416 g/mol. The van der Waals surface area contributed by atoms with Crippen LogP contribution in [0.25, 0.3) is 0 Å². The number of hydrogen-bond donors (Lipinski definition) is 1. The number of halogens is 1. The first-order chi connectivity index (χ1) is 15.0. The lowest BCUT2D eigenvalue weighted by Crippen LogP contribution is -2.44. The van der Waals surface area contributed by atoms with Crippen LogP contribution in [0.1, 0.15) is 49.7 Å². The first-order valence-electron chi connectivity index (χ1n) is 11.0. The molecule has 2 amide bonds. The summed E-state index contributed by atoms with van der Waals surface area (Å²) in [6.07, 6.45) is 3.08. The van der Waals surface area contributed by atoms with Crippen LogP contribution in [0.3, 0.4) is 0 Å².